The molecule has 0 unspecified atom stereocenters. The molecule has 0 radical (unpaired) electrons. The topological polar surface area (TPSA) is 35.1 Å². The van der Waals surface area contributed by atoms with Gasteiger partial charge in [0, 0.05) is 0 Å². The van der Waals surface area contributed by atoms with E-state index in [0.717, 1.165) is 0 Å². The predicted molar refractivity (Wildman–Crippen MR) is 46.5 cm³/mol. The van der Waals surface area contributed by atoms with Gasteiger partial charge in [-0.25, -0.2) is 0 Å². The summed E-state index contributed by atoms with van der Waals surface area (Å²) in [6, 6.07) is 0. The molecule has 0 amide bonds. The molecular formula is C9H20NNaO. The second kappa shape index (κ2) is 8.52. The van der Waals surface area contributed by atoms with Crippen LogP contribution >= 0.6 is 0 Å². The minimum atomic E-state index is -0.750. The summed E-state index contributed by atoms with van der Waals surface area (Å²) in [5, 5.41) is 13.4. The third-order valence-electron chi connectivity index (χ3n) is 1.21. The Morgan fingerprint density at radius 3 is 1.42 bits per heavy atom. The van der Waals surface area contributed by atoms with Crippen LogP contribution in [0.5, 0.6) is 0 Å². The molecule has 0 aromatic rings. The van der Waals surface area contributed by atoms with Gasteiger partial charge in [0.25, 0.3) is 0 Å². The van der Waals surface area contributed by atoms with Crippen LogP contribution in [0, 0.1) is 0 Å². The maximum absolute atomic E-state index is 10.1. The zero-order valence-corrected chi connectivity index (χ0v) is 10.9. The normalized spacial score (nSPS) is 17.0. The van der Waals surface area contributed by atoms with Gasteiger partial charge >= 0.3 is 29.6 Å². The van der Waals surface area contributed by atoms with Gasteiger partial charge in [0.15, 0.2) is 0 Å². The summed E-state index contributed by atoms with van der Waals surface area (Å²) in [7, 11) is 0. The Hall–Kier alpha value is 0.920. The molecule has 2 nitrogen and oxygen atoms in total. The van der Waals surface area contributed by atoms with E-state index in [-0.39, 0.29) is 29.6 Å². The minimum Gasteiger partial charge on any atom is -0.850 e. The molecule has 0 bridgehead atoms. The van der Waals surface area contributed by atoms with E-state index < -0.39 is 5.60 Å². The van der Waals surface area contributed by atoms with Gasteiger partial charge in [-0.05, 0) is 25.9 Å². The SMILES string of the molecule is C1CCNCC1.CC(C)(C)[O-].[Na+]. The molecule has 1 rings (SSSR count). The Balaban J connectivity index is 0. The smallest absolute Gasteiger partial charge is 0.850 e. The van der Waals surface area contributed by atoms with Crippen LogP contribution in [-0.4, -0.2) is 18.7 Å². The van der Waals surface area contributed by atoms with Crippen molar-refractivity contribution in [3.8, 4) is 0 Å². The molecule has 1 heterocycles. The number of piperidine rings is 1. The molecule has 0 spiro atoms. The first-order valence-corrected chi connectivity index (χ1v) is 4.41. The average Bonchev–Trinajstić information content (AvgIpc) is 1.88. The largest absolute Gasteiger partial charge is 1.00 e. The van der Waals surface area contributed by atoms with E-state index >= 15 is 0 Å². The Kier molecular flexibility index (Phi) is 10.9. The van der Waals surface area contributed by atoms with Gasteiger partial charge in [-0.3, -0.25) is 0 Å². The van der Waals surface area contributed by atoms with Crippen LogP contribution in [0.3, 0.4) is 0 Å². The zero-order chi connectivity index (χ0) is 8.74. The summed E-state index contributed by atoms with van der Waals surface area (Å²) in [4.78, 5) is 0. The van der Waals surface area contributed by atoms with Crippen molar-refractivity contribution in [2.45, 2.75) is 45.6 Å². The molecule has 0 aromatic carbocycles. The van der Waals surface area contributed by atoms with Crippen molar-refractivity contribution in [2.75, 3.05) is 13.1 Å². The van der Waals surface area contributed by atoms with E-state index in [1.807, 2.05) is 0 Å². The van der Waals surface area contributed by atoms with E-state index in [0.29, 0.717) is 0 Å². The molecule has 1 saturated heterocycles. The maximum Gasteiger partial charge on any atom is 1.00 e. The van der Waals surface area contributed by atoms with Crippen molar-refractivity contribution in [3.05, 3.63) is 0 Å². The molecule has 0 saturated carbocycles. The van der Waals surface area contributed by atoms with Gasteiger partial charge in [-0.15, -0.1) is 5.60 Å². The Morgan fingerprint density at radius 1 is 1.00 bits per heavy atom. The molecule has 68 valence electrons. The molecule has 1 N–H and O–H groups in total. The third-order valence-corrected chi connectivity index (χ3v) is 1.21. The van der Waals surface area contributed by atoms with Crippen molar-refractivity contribution in [3.63, 3.8) is 0 Å². The van der Waals surface area contributed by atoms with Crippen LogP contribution in [0.15, 0.2) is 0 Å². The average molecular weight is 181 g/mol. The van der Waals surface area contributed by atoms with Crippen molar-refractivity contribution in [2.24, 2.45) is 0 Å². The van der Waals surface area contributed by atoms with Crippen LogP contribution < -0.4 is 40.0 Å². The number of hydrogen-bond acceptors (Lipinski definition) is 2. The van der Waals surface area contributed by atoms with Crippen LogP contribution in [0.2, 0.25) is 0 Å². The van der Waals surface area contributed by atoms with Crippen LogP contribution in [0.25, 0.3) is 0 Å². The van der Waals surface area contributed by atoms with Crippen molar-refractivity contribution >= 4 is 0 Å². The summed E-state index contributed by atoms with van der Waals surface area (Å²) in [6.07, 6.45) is 4.22. The molecular weight excluding hydrogens is 161 g/mol. The van der Waals surface area contributed by atoms with Crippen LogP contribution in [0.4, 0.5) is 0 Å². The van der Waals surface area contributed by atoms with E-state index in [1.165, 1.54) is 32.4 Å². The summed E-state index contributed by atoms with van der Waals surface area (Å²) >= 11 is 0. The van der Waals surface area contributed by atoms with Gasteiger partial charge in [0.2, 0.25) is 0 Å². The second-order valence-corrected chi connectivity index (χ2v) is 3.92. The monoisotopic (exact) mass is 181 g/mol. The zero-order valence-electron chi connectivity index (χ0n) is 8.94. The van der Waals surface area contributed by atoms with Crippen LogP contribution in [-0.2, 0) is 0 Å². The van der Waals surface area contributed by atoms with Gasteiger partial charge in [-0.2, -0.15) is 0 Å². The molecule has 12 heavy (non-hydrogen) atoms. The first-order chi connectivity index (χ1) is 5.00. The van der Waals surface area contributed by atoms with Crippen molar-refractivity contribution in [1.82, 2.24) is 5.32 Å². The quantitative estimate of drug-likeness (QED) is 0.435. The summed E-state index contributed by atoms with van der Waals surface area (Å²) < 4.78 is 0. The molecule has 1 fully saturated rings. The first-order valence-electron chi connectivity index (χ1n) is 4.41. The minimum absolute atomic E-state index is 0. The number of rotatable bonds is 0. The van der Waals surface area contributed by atoms with Crippen LogP contribution in [0.1, 0.15) is 40.0 Å². The molecule has 0 aliphatic carbocycles. The Labute approximate surface area is 98.4 Å². The maximum atomic E-state index is 10.1. The van der Waals surface area contributed by atoms with Gasteiger partial charge in [-0.1, -0.05) is 27.2 Å². The van der Waals surface area contributed by atoms with E-state index in [4.69, 9.17) is 0 Å². The van der Waals surface area contributed by atoms with E-state index in [1.54, 1.807) is 20.8 Å². The number of nitrogens with one attached hydrogen (secondary N) is 1. The molecule has 1 aliphatic heterocycles. The fourth-order valence-electron chi connectivity index (χ4n) is 0.802. The molecule has 0 aromatic heterocycles. The van der Waals surface area contributed by atoms with Gasteiger partial charge in [0.05, 0.1) is 0 Å². The second-order valence-electron chi connectivity index (χ2n) is 3.92. The fraction of sp³-hybridized carbons (Fsp3) is 1.00. The van der Waals surface area contributed by atoms with E-state index in [2.05, 4.69) is 5.32 Å². The van der Waals surface area contributed by atoms with E-state index in [9.17, 15) is 5.11 Å². The summed E-state index contributed by atoms with van der Waals surface area (Å²) in [6.45, 7) is 7.40. The Morgan fingerprint density at radius 2 is 1.33 bits per heavy atom. The Bertz CT molecular complexity index is 69.5. The number of hydrogen-bond donors (Lipinski definition) is 1. The van der Waals surface area contributed by atoms with Crippen molar-refractivity contribution in [1.29, 1.82) is 0 Å². The van der Waals surface area contributed by atoms with Gasteiger partial charge < -0.3 is 10.4 Å². The molecule has 0 atom stereocenters. The predicted octanol–water partition coefficient (Wildman–Crippen LogP) is -2.09. The summed E-state index contributed by atoms with van der Waals surface area (Å²) in [5.41, 5.74) is -0.750. The molecule has 3 heteroatoms. The first kappa shape index (κ1) is 15.4. The molecule has 1 aliphatic rings. The fourth-order valence-corrected chi connectivity index (χ4v) is 0.802. The third kappa shape index (κ3) is 22.4. The van der Waals surface area contributed by atoms with Gasteiger partial charge in [0.1, 0.15) is 0 Å². The standard InChI is InChI=1S/C5H11N.C4H9O.Na/c1-2-4-6-5-3-1;1-4(2,3)5;/h6H,1-5H2;1-3H3;/q;-1;+1. The summed E-state index contributed by atoms with van der Waals surface area (Å²) in [5.74, 6) is 0. The van der Waals surface area contributed by atoms with Crippen molar-refractivity contribution < 1.29 is 34.7 Å².